The van der Waals surface area contributed by atoms with Gasteiger partial charge >= 0.3 is 12.1 Å². The van der Waals surface area contributed by atoms with E-state index < -0.39 is 29.1 Å². The molecule has 1 fully saturated rings. The predicted octanol–water partition coefficient (Wildman–Crippen LogP) is 3.55. The van der Waals surface area contributed by atoms with E-state index >= 15 is 0 Å². The fourth-order valence-corrected chi connectivity index (χ4v) is 3.25. The predicted molar refractivity (Wildman–Crippen MR) is 95.6 cm³/mol. The van der Waals surface area contributed by atoms with Gasteiger partial charge in [0.25, 0.3) is 0 Å². The first-order valence-corrected chi connectivity index (χ1v) is 8.59. The molecule has 0 atom stereocenters. The Hall–Kier alpha value is -3.07. The Morgan fingerprint density at radius 3 is 2.36 bits per heavy atom. The third-order valence-corrected chi connectivity index (χ3v) is 4.65. The second-order valence-corrected chi connectivity index (χ2v) is 6.45. The summed E-state index contributed by atoms with van der Waals surface area (Å²) in [5, 5.41) is 9.05. The summed E-state index contributed by atoms with van der Waals surface area (Å²) in [4.78, 5) is 16.9. The number of nitrogens with zero attached hydrogens (tertiary/aromatic N) is 3. The van der Waals surface area contributed by atoms with Crippen LogP contribution in [0.3, 0.4) is 0 Å². The van der Waals surface area contributed by atoms with Gasteiger partial charge < -0.3 is 19.1 Å². The van der Waals surface area contributed by atoms with Gasteiger partial charge in [-0.15, -0.1) is 0 Å². The van der Waals surface area contributed by atoms with Gasteiger partial charge in [0.15, 0.2) is 5.69 Å². The van der Waals surface area contributed by atoms with E-state index in [1.165, 1.54) is 6.20 Å². The minimum Gasteiger partial charge on any atom is -0.476 e. The van der Waals surface area contributed by atoms with E-state index in [1.54, 1.807) is 12.1 Å². The molecule has 28 heavy (non-hydrogen) atoms. The Kier molecular flexibility index (Phi) is 4.46. The summed E-state index contributed by atoms with van der Waals surface area (Å²) in [5.74, 6) is -1.38. The molecule has 0 bridgehead atoms. The summed E-state index contributed by atoms with van der Waals surface area (Å²) >= 11 is 0. The van der Waals surface area contributed by atoms with Crippen molar-refractivity contribution in [3.05, 3.63) is 54.0 Å². The molecule has 2 aromatic heterocycles. The zero-order valence-electron chi connectivity index (χ0n) is 14.6. The highest BCUT2D eigenvalue weighted by Crippen LogP contribution is 2.35. The van der Waals surface area contributed by atoms with Gasteiger partial charge in [-0.1, -0.05) is 12.1 Å². The number of pyridine rings is 1. The highest BCUT2D eigenvalue weighted by atomic mass is 19.4. The molecular weight excluding hydrogens is 375 g/mol. The van der Waals surface area contributed by atoms with Gasteiger partial charge in [0.05, 0.1) is 18.8 Å². The molecule has 0 aliphatic carbocycles. The number of alkyl halides is 3. The van der Waals surface area contributed by atoms with Crippen molar-refractivity contribution < 1.29 is 27.8 Å². The number of halogens is 3. The van der Waals surface area contributed by atoms with Crippen LogP contribution in [0.15, 0.2) is 42.7 Å². The van der Waals surface area contributed by atoms with E-state index in [-0.39, 0.29) is 0 Å². The molecule has 0 amide bonds. The average molecular weight is 391 g/mol. The first-order chi connectivity index (χ1) is 13.3. The molecule has 4 rings (SSSR count). The van der Waals surface area contributed by atoms with Crippen LogP contribution in [0.1, 0.15) is 16.1 Å². The van der Waals surface area contributed by atoms with Crippen LogP contribution in [-0.4, -0.2) is 46.8 Å². The number of benzene rings is 1. The van der Waals surface area contributed by atoms with Crippen LogP contribution in [-0.2, 0) is 10.9 Å². The standard InChI is InChI=1S/C19H16F3N3O3/c20-19(21,22)15-9-13(10-25-11-16(18(26)27)23-17(15)25)12-1-3-14(4-2-12)24-5-7-28-8-6-24/h1-4,9-11H,5-8H2,(H,26,27). The van der Waals surface area contributed by atoms with Crippen LogP contribution in [0.5, 0.6) is 0 Å². The third-order valence-electron chi connectivity index (χ3n) is 4.65. The Bertz CT molecular complexity index is 1020. The second kappa shape index (κ2) is 6.83. The number of anilines is 1. The van der Waals surface area contributed by atoms with E-state index in [4.69, 9.17) is 9.84 Å². The summed E-state index contributed by atoms with van der Waals surface area (Å²) in [7, 11) is 0. The number of carboxylic acids is 1. The van der Waals surface area contributed by atoms with Gasteiger partial charge in [0, 0.05) is 31.2 Å². The Morgan fingerprint density at radius 1 is 1.07 bits per heavy atom. The molecule has 0 radical (unpaired) electrons. The van der Waals surface area contributed by atoms with Gasteiger partial charge in [-0.2, -0.15) is 13.2 Å². The number of fused-ring (bicyclic) bond motifs is 1. The van der Waals surface area contributed by atoms with Crippen LogP contribution in [0.25, 0.3) is 16.8 Å². The molecule has 1 saturated heterocycles. The van der Waals surface area contributed by atoms with E-state index in [0.29, 0.717) is 24.3 Å². The number of aromatic nitrogens is 2. The summed E-state index contributed by atoms with van der Waals surface area (Å²) in [6, 6.07) is 8.21. The lowest BCUT2D eigenvalue weighted by molar-refractivity contribution is -0.136. The normalized spacial score (nSPS) is 15.2. The maximum Gasteiger partial charge on any atom is 0.420 e. The van der Waals surface area contributed by atoms with E-state index in [1.807, 2.05) is 12.1 Å². The molecule has 1 N–H and O–H groups in total. The van der Waals surface area contributed by atoms with Gasteiger partial charge in [-0.25, -0.2) is 9.78 Å². The number of morpholine rings is 1. The van der Waals surface area contributed by atoms with Gasteiger partial charge in [0.2, 0.25) is 0 Å². The van der Waals surface area contributed by atoms with Gasteiger partial charge in [0.1, 0.15) is 5.65 Å². The van der Waals surface area contributed by atoms with Crippen molar-refractivity contribution in [2.45, 2.75) is 6.18 Å². The number of imidazole rings is 1. The smallest absolute Gasteiger partial charge is 0.420 e. The van der Waals surface area contributed by atoms with Crippen molar-refractivity contribution in [3.63, 3.8) is 0 Å². The third kappa shape index (κ3) is 3.40. The lowest BCUT2D eigenvalue weighted by Crippen LogP contribution is -2.36. The van der Waals surface area contributed by atoms with Crippen molar-refractivity contribution in [2.24, 2.45) is 0 Å². The number of ether oxygens (including phenoxy) is 1. The fourth-order valence-electron chi connectivity index (χ4n) is 3.25. The van der Waals surface area contributed by atoms with Crippen LogP contribution in [0, 0.1) is 0 Å². The van der Waals surface area contributed by atoms with Crippen molar-refractivity contribution in [3.8, 4) is 11.1 Å². The van der Waals surface area contributed by atoms with E-state index in [2.05, 4.69) is 9.88 Å². The quantitative estimate of drug-likeness (QED) is 0.740. The highest BCUT2D eigenvalue weighted by molar-refractivity contribution is 5.86. The lowest BCUT2D eigenvalue weighted by Gasteiger charge is -2.28. The zero-order chi connectivity index (χ0) is 19.9. The maximum absolute atomic E-state index is 13.5. The monoisotopic (exact) mass is 391 g/mol. The molecule has 3 heterocycles. The number of aromatic carboxylic acids is 1. The van der Waals surface area contributed by atoms with Gasteiger partial charge in [-0.05, 0) is 29.3 Å². The Balaban J connectivity index is 1.76. The van der Waals surface area contributed by atoms with Crippen LogP contribution >= 0.6 is 0 Å². The van der Waals surface area contributed by atoms with Crippen molar-refractivity contribution in [1.29, 1.82) is 0 Å². The first kappa shape index (κ1) is 18.3. The van der Waals surface area contributed by atoms with Crippen LogP contribution in [0.4, 0.5) is 18.9 Å². The van der Waals surface area contributed by atoms with Gasteiger partial charge in [-0.3, -0.25) is 0 Å². The number of carbonyl (C=O) groups is 1. The van der Waals surface area contributed by atoms with Crippen molar-refractivity contribution in [2.75, 3.05) is 31.2 Å². The Labute approximate surface area is 157 Å². The number of hydrogen-bond donors (Lipinski definition) is 1. The molecule has 1 aliphatic rings. The zero-order valence-corrected chi connectivity index (χ0v) is 14.6. The molecule has 0 spiro atoms. The first-order valence-electron chi connectivity index (χ1n) is 8.59. The SMILES string of the molecule is O=C(O)c1cn2cc(-c3ccc(N4CCOCC4)cc3)cc(C(F)(F)F)c2n1. The largest absolute Gasteiger partial charge is 0.476 e. The molecule has 1 aromatic carbocycles. The average Bonchev–Trinajstić information content (AvgIpc) is 3.12. The molecule has 0 saturated carbocycles. The minimum absolute atomic E-state index is 0.322. The van der Waals surface area contributed by atoms with Crippen molar-refractivity contribution >= 4 is 17.3 Å². The molecule has 3 aromatic rings. The summed E-state index contributed by atoms with van der Waals surface area (Å²) in [6.07, 6.45) is -2.13. The lowest BCUT2D eigenvalue weighted by atomic mass is 10.0. The Morgan fingerprint density at radius 2 is 1.75 bits per heavy atom. The molecule has 146 valence electrons. The van der Waals surface area contributed by atoms with Crippen LogP contribution < -0.4 is 4.90 Å². The van der Waals surface area contributed by atoms with E-state index in [0.717, 1.165) is 35.4 Å². The summed E-state index contributed by atoms with van der Waals surface area (Å²) in [5.41, 5.74) is 0.0382. The molecule has 0 unspecified atom stereocenters. The summed E-state index contributed by atoms with van der Waals surface area (Å²) < 4.78 is 47.0. The molecule has 6 nitrogen and oxygen atoms in total. The number of hydrogen-bond acceptors (Lipinski definition) is 4. The van der Waals surface area contributed by atoms with Crippen LogP contribution in [0.2, 0.25) is 0 Å². The topological polar surface area (TPSA) is 67.1 Å². The maximum atomic E-state index is 13.5. The molecular formula is C19H16F3N3O3. The highest BCUT2D eigenvalue weighted by Gasteiger charge is 2.35. The summed E-state index contributed by atoms with van der Waals surface area (Å²) in [6.45, 7) is 2.80. The minimum atomic E-state index is -4.66. The van der Waals surface area contributed by atoms with E-state index in [9.17, 15) is 18.0 Å². The second-order valence-electron chi connectivity index (χ2n) is 6.45. The number of carboxylic acid groups (broad SMARTS) is 1. The molecule has 9 heteroatoms. The molecule has 1 aliphatic heterocycles. The van der Waals surface area contributed by atoms with Crippen molar-refractivity contribution in [1.82, 2.24) is 9.38 Å². The fraction of sp³-hybridized carbons (Fsp3) is 0.263. The number of rotatable bonds is 3.